The molecule has 358 valence electrons. The van der Waals surface area contributed by atoms with Crippen molar-refractivity contribution < 1.29 is 75.3 Å². The number of phosphoric ester groups is 1. The third-order valence-electron chi connectivity index (χ3n) is 12.9. The summed E-state index contributed by atoms with van der Waals surface area (Å²) in [7, 11) is -17.7. The number of ketones is 1. The molecule has 66 heavy (non-hydrogen) atoms. The van der Waals surface area contributed by atoms with Crippen LogP contribution in [0.3, 0.4) is 0 Å². The van der Waals surface area contributed by atoms with Crippen LogP contribution in [0.15, 0.2) is 52.9 Å². The first-order valence-corrected chi connectivity index (χ1v) is 25.8. The van der Waals surface area contributed by atoms with Crippen molar-refractivity contribution in [3.63, 3.8) is 0 Å². The minimum atomic E-state index is -6.00. The van der Waals surface area contributed by atoms with Crippen LogP contribution in [0.2, 0.25) is 0 Å². The number of amides is 1. The van der Waals surface area contributed by atoms with E-state index >= 15 is 4.79 Å². The number of benzene rings is 1. The van der Waals surface area contributed by atoms with Crippen LogP contribution in [0.4, 0.5) is 5.95 Å². The largest absolute Gasteiger partial charge is 0.536 e. The average molecular weight is 978 g/mol. The van der Waals surface area contributed by atoms with E-state index in [-0.39, 0.29) is 78.0 Å². The number of aromatic nitrogens is 3. The van der Waals surface area contributed by atoms with E-state index in [1.165, 1.54) is 6.33 Å². The van der Waals surface area contributed by atoms with E-state index < -0.39 is 75.4 Å². The molecule has 2 aromatic rings. The zero-order chi connectivity index (χ0) is 48.2. The number of allylic oxidation sites excluding steroid dienone is 4. The molecule has 9 rings (SSSR count). The Kier molecular flexibility index (Phi) is 12.0. The number of nitrogens with zero attached hydrogens (tertiary/aromatic N) is 3. The molecule has 3 saturated carbocycles. The van der Waals surface area contributed by atoms with Gasteiger partial charge in [-0.3, -0.25) is 14.5 Å². The van der Waals surface area contributed by atoms with E-state index in [4.69, 9.17) is 18.7 Å². The number of rotatable bonds is 16. The van der Waals surface area contributed by atoms with Gasteiger partial charge in [0, 0.05) is 41.5 Å². The smallest absolute Gasteiger partial charge is 0.482 e. The second-order valence-electron chi connectivity index (χ2n) is 18.6. The van der Waals surface area contributed by atoms with Crippen molar-refractivity contribution in [2.45, 2.75) is 116 Å². The number of hydrogen-bond donors (Lipinski definition) is 7. The Labute approximate surface area is 380 Å². The molecule has 1 spiro atoms. The number of carbonyl (C=O) groups is 2. The van der Waals surface area contributed by atoms with Crippen molar-refractivity contribution in [3.8, 4) is 17.2 Å². The summed E-state index contributed by atoms with van der Waals surface area (Å²) < 4.78 is 75.8. The SMILES string of the molecule is CC(C)=CCCC1(C)C=Cc2c(c(CC=C(C)C)c3c(c2OP(=O)(O)OP(=O)(O)OP(=O)(O)O)C2=C4C(C5CC6C(C)(C)OC(C/C=C(/C)C(=O)NCCO)(C5=O)C46O3)n3ncnc3N2)O1. The van der Waals surface area contributed by atoms with Crippen molar-refractivity contribution in [1.29, 1.82) is 0 Å². The average Bonchev–Trinajstić information content (AvgIpc) is 3.72. The summed E-state index contributed by atoms with van der Waals surface area (Å²) in [6, 6.07) is -0.860. The quantitative estimate of drug-likeness (QED) is 0.0566. The first-order valence-electron chi connectivity index (χ1n) is 21.3. The maximum absolute atomic E-state index is 15.5. The number of aliphatic hydroxyl groups is 1. The standard InChI is InChI=1S/C42H54N5O16P3/c1-22(2)10-9-15-40(8)16-14-26-33(58-40)25(12-11-23(3)4)34-29(35(26)60-65(54,55)63-66(56,57)62-64(51,52)53)31-30-32(47-38(46-31)44-21-45-47)27-20-28-39(6,7)61-41(36(27)49,42(28,30)59-34)17-13-24(5)37(50)43-18-19-48/h10-11,13-14,16,21,27-28,32,48H,9,12,15,17-20H2,1-8H3,(H,43,50)(H,54,55)(H,56,57)(H,44,45,46)(H2,51,52,53)/b24-13-. The maximum atomic E-state index is 15.5. The lowest BCUT2D eigenvalue weighted by molar-refractivity contribution is -0.181. The van der Waals surface area contributed by atoms with Gasteiger partial charge in [0.15, 0.2) is 22.7 Å². The van der Waals surface area contributed by atoms with Gasteiger partial charge in [0.25, 0.3) is 0 Å². The number of carbonyl (C=O) groups excluding carboxylic acids is 2. The van der Waals surface area contributed by atoms with Gasteiger partial charge in [-0.15, -0.1) is 0 Å². The number of Topliss-reactive ketones (excluding diaryl/α,β-unsaturated/α-hetero) is 1. The Bertz CT molecular complexity index is 2730. The van der Waals surface area contributed by atoms with Gasteiger partial charge in [0.1, 0.15) is 23.4 Å². The highest BCUT2D eigenvalue weighted by molar-refractivity contribution is 7.66. The van der Waals surface area contributed by atoms with Gasteiger partial charge >= 0.3 is 23.5 Å². The second-order valence-corrected chi connectivity index (χ2v) is 22.9. The fraction of sp³-hybridized carbons (Fsp3) is 0.524. The normalized spacial score (nSPS) is 29.1. The van der Waals surface area contributed by atoms with Crippen LogP contribution in [0.5, 0.6) is 17.2 Å². The lowest BCUT2D eigenvalue weighted by atomic mass is 9.47. The first kappa shape index (κ1) is 48.2. The number of ether oxygens (including phenoxy) is 3. The molecule has 7 aliphatic rings. The molecular formula is C42H54N5O16P3. The topological polar surface area (TPSA) is 297 Å². The van der Waals surface area contributed by atoms with E-state index in [1.54, 1.807) is 29.8 Å². The molecule has 4 fully saturated rings. The number of hydrogen-bond acceptors (Lipinski definition) is 15. The third kappa shape index (κ3) is 8.09. The van der Waals surface area contributed by atoms with Crippen molar-refractivity contribution in [2.24, 2.45) is 11.8 Å². The molecule has 0 radical (unpaired) electrons. The van der Waals surface area contributed by atoms with Crippen molar-refractivity contribution >= 4 is 52.9 Å². The van der Waals surface area contributed by atoms with Crippen molar-refractivity contribution in [2.75, 3.05) is 18.5 Å². The molecule has 21 nitrogen and oxygen atoms in total. The molecule has 1 amide bonds. The van der Waals surface area contributed by atoms with Crippen LogP contribution < -0.4 is 24.6 Å². The van der Waals surface area contributed by atoms with E-state index in [0.717, 1.165) is 11.1 Å². The molecule has 7 N–H and O–H groups in total. The molecule has 8 unspecified atom stereocenters. The molecule has 1 aromatic heterocycles. The van der Waals surface area contributed by atoms with Crippen molar-refractivity contribution in [3.05, 3.63) is 69.6 Å². The highest BCUT2D eigenvalue weighted by atomic mass is 31.3. The van der Waals surface area contributed by atoms with Crippen molar-refractivity contribution in [1.82, 2.24) is 20.1 Å². The zero-order valence-corrected chi connectivity index (χ0v) is 40.2. The van der Waals surface area contributed by atoms with E-state index in [9.17, 15) is 43.2 Å². The molecule has 5 heterocycles. The first-order chi connectivity index (χ1) is 30.7. The molecule has 4 aliphatic heterocycles. The molecule has 3 aliphatic carbocycles. The number of anilines is 1. The lowest BCUT2D eigenvalue weighted by Crippen LogP contribution is -2.75. The van der Waals surface area contributed by atoms with Crippen LogP contribution in [0.25, 0.3) is 11.8 Å². The minimum absolute atomic E-state index is 0.00221. The Morgan fingerprint density at radius 2 is 1.71 bits per heavy atom. The second kappa shape index (κ2) is 16.5. The van der Waals surface area contributed by atoms with Gasteiger partial charge in [0.2, 0.25) is 11.9 Å². The number of phosphoric acid groups is 3. The Balaban J connectivity index is 1.44. The van der Waals surface area contributed by atoms with Gasteiger partial charge < -0.3 is 49.2 Å². The van der Waals surface area contributed by atoms with Gasteiger partial charge in [-0.25, -0.2) is 18.4 Å². The van der Waals surface area contributed by atoms with Crippen LogP contribution >= 0.6 is 23.5 Å². The lowest BCUT2D eigenvalue weighted by Gasteiger charge is -2.62. The Morgan fingerprint density at radius 1 is 1.00 bits per heavy atom. The minimum Gasteiger partial charge on any atom is -0.482 e. The summed E-state index contributed by atoms with van der Waals surface area (Å²) >= 11 is 0. The highest BCUT2D eigenvalue weighted by Gasteiger charge is 2.84. The zero-order valence-electron chi connectivity index (χ0n) is 37.6. The molecule has 1 saturated heterocycles. The van der Waals surface area contributed by atoms with Crippen LogP contribution in [-0.4, -0.2) is 86.7 Å². The van der Waals surface area contributed by atoms with Gasteiger partial charge in [-0.1, -0.05) is 29.4 Å². The van der Waals surface area contributed by atoms with Crippen LogP contribution in [-0.2, 0) is 43.1 Å². The number of aliphatic hydroxyl groups excluding tert-OH is 1. The molecule has 8 atom stereocenters. The molecule has 1 aromatic carbocycles. The van der Waals surface area contributed by atoms with E-state index in [1.807, 2.05) is 54.5 Å². The summed E-state index contributed by atoms with van der Waals surface area (Å²) in [6.45, 7) is 14.6. The van der Waals surface area contributed by atoms with Gasteiger partial charge in [-0.05, 0) is 93.2 Å². The van der Waals surface area contributed by atoms with Crippen LogP contribution in [0.1, 0.15) is 104 Å². The summed E-state index contributed by atoms with van der Waals surface area (Å²) in [5.41, 5.74) is -2.14. The Morgan fingerprint density at radius 3 is 2.38 bits per heavy atom. The van der Waals surface area contributed by atoms with E-state index in [0.29, 0.717) is 24.0 Å². The fourth-order valence-corrected chi connectivity index (χ4v) is 13.4. The molecule has 4 bridgehead atoms. The van der Waals surface area contributed by atoms with Crippen LogP contribution in [0, 0.1) is 11.8 Å². The number of nitrogens with one attached hydrogen (secondary N) is 2. The predicted molar refractivity (Wildman–Crippen MR) is 237 cm³/mol. The fourth-order valence-electron chi connectivity index (χ4n) is 10.4. The highest BCUT2D eigenvalue weighted by Crippen LogP contribution is 2.75. The maximum Gasteiger partial charge on any atom is 0.536 e. The molecular weight excluding hydrogens is 923 g/mol. The van der Waals surface area contributed by atoms with E-state index in [2.05, 4.69) is 35.4 Å². The van der Waals surface area contributed by atoms with Gasteiger partial charge in [-0.2, -0.15) is 18.7 Å². The number of fused-ring (bicyclic) bond motifs is 4. The third-order valence-corrected chi connectivity index (χ3v) is 16.7. The monoisotopic (exact) mass is 977 g/mol. The summed E-state index contributed by atoms with van der Waals surface area (Å²) in [6.07, 6.45) is 11.6. The summed E-state index contributed by atoms with van der Waals surface area (Å²) in [4.78, 5) is 73.4. The summed E-state index contributed by atoms with van der Waals surface area (Å²) in [5, 5.41) is 19.9. The summed E-state index contributed by atoms with van der Waals surface area (Å²) in [5.74, 6) is -2.27. The Hall–Kier alpha value is -4.23. The predicted octanol–water partition coefficient (Wildman–Crippen LogP) is 6.12. The molecule has 24 heteroatoms. The van der Waals surface area contributed by atoms with Gasteiger partial charge in [0.05, 0.1) is 35.1 Å².